The van der Waals surface area contributed by atoms with Gasteiger partial charge in [-0.1, -0.05) is 13.8 Å². The van der Waals surface area contributed by atoms with Crippen molar-refractivity contribution >= 4 is 12.0 Å². The van der Waals surface area contributed by atoms with Gasteiger partial charge in [-0.05, 0) is 50.3 Å². The summed E-state index contributed by atoms with van der Waals surface area (Å²) in [7, 11) is 0. The van der Waals surface area contributed by atoms with Crippen LogP contribution in [0.15, 0.2) is 18.2 Å². The Morgan fingerprint density at radius 3 is 2.68 bits per heavy atom. The molecule has 1 aromatic rings. The van der Waals surface area contributed by atoms with Crippen LogP contribution < -0.4 is 9.47 Å². The summed E-state index contributed by atoms with van der Waals surface area (Å²) < 4.78 is 11.6. The van der Waals surface area contributed by atoms with Crippen LogP contribution in [0.1, 0.15) is 45.2 Å². The first kappa shape index (κ1) is 17.8. The van der Waals surface area contributed by atoms with Gasteiger partial charge >= 0.3 is 0 Å². The highest BCUT2D eigenvalue weighted by Crippen LogP contribution is 2.35. The van der Waals surface area contributed by atoms with E-state index in [0.717, 1.165) is 36.6 Å². The Kier molecular flexibility index (Phi) is 5.36. The fraction of sp³-hybridized carbons (Fsp3) is 0.571. The molecule has 0 spiro atoms. The van der Waals surface area contributed by atoms with E-state index in [-0.39, 0.29) is 12.0 Å². The predicted molar refractivity (Wildman–Crippen MR) is 100.0 cm³/mol. The summed E-state index contributed by atoms with van der Waals surface area (Å²) in [4.78, 5) is 14.5. The molecule has 4 nitrogen and oxygen atoms in total. The Hall–Kier alpha value is -1.97. The summed E-state index contributed by atoms with van der Waals surface area (Å²) in [5, 5.41) is 0. The van der Waals surface area contributed by atoms with E-state index >= 15 is 0 Å². The minimum Gasteiger partial charge on any atom is -0.493 e. The highest BCUT2D eigenvalue weighted by Gasteiger charge is 2.24. The third kappa shape index (κ3) is 4.17. The Morgan fingerprint density at radius 2 is 2.00 bits per heavy atom. The third-order valence-corrected chi connectivity index (χ3v) is 4.91. The van der Waals surface area contributed by atoms with E-state index in [1.165, 1.54) is 12.0 Å². The zero-order chi connectivity index (χ0) is 18.0. The average Bonchev–Trinajstić information content (AvgIpc) is 2.90. The van der Waals surface area contributed by atoms with Crippen LogP contribution in [0.3, 0.4) is 0 Å². The number of piperidine rings is 1. The number of amides is 1. The monoisotopic (exact) mass is 343 g/mol. The second kappa shape index (κ2) is 7.51. The fourth-order valence-electron chi connectivity index (χ4n) is 3.98. The molecule has 136 valence electrons. The molecule has 1 aromatic carbocycles. The minimum atomic E-state index is 0.0793. The Morgan fingerprint density at radius 1 is 1.28 bits per heavy atom. The van der Waals surface area contributed by atoms with E-state index in [4.69, 9.17) is 9.47 Å². The van der Waals surface area contributed by atoms with Crippen molar-refractivity contribution in [2.75, 3.05) is 19.7 Å². The molecule has 0 radical (unpaired) electrons. The smallest absolute Gasteiger partial charge is 0.246 e. The van der Waals surface area contributed by atoms with Crippen LogP contribution in [-0.2, 0) is 11.2 Å². The summed E-state index contributed by atoms with van der Waals surface area (Å²) in [6.07, 6.45) is 5.84. The number of benzene rings is 1. The zero-order valence-corrected chi connectivity index (χ0v) is 15.7. The van der Waals surface area contributed by atoms with E-state index in [0.29, 0.717) is 18.4 Å². The molecular weight excluding hydrogens is 314 g/mol. The molecule has 1 fully saturated rings. The first-order valence-corrected chi connectivity index (χ1v) is 9.39. The number of rotatable bonds is 4. The third-order valence-electron chi connectivity index (χ3n) is 4.91. The second-order valence-corrected chi connectivity index (χ2v) is 7.59. The van der Waals surface area contributed by atoms with Crippen LogP contribution in [0.5, 0.6) is 11.5 Å². The van der Waals surface area contributed by atoms with Crippen molar-refractivity contribution in [2.45, 2.75) is 46.6 Å². The number of hydrogen-bond acceptors (Lipinski definition) is 3. The van der Waals surface area contributed by atoms with Crippen molar-refractivity contribution in [3.8, 4) is 11.5 Å². The molecule has 2 heterocycles. The Balaban J connectivity index is 1.78. The Labute approximate surface area is 150 Å². The van der Waals surface area contributed by atoms with Crippen LogP contribution >= 0.6 is 0 Å². The maximum Gasteiger partial charge on any atom is 0.246 e. The van der Waals surface area contributed by atoms with Gasteiger partial charge in [-0.15, -0.1) is 0 Å². The van der Waals surface area contributed by atoms with Crippen molar-refractivity contribution in [1.29, 1.82) is 0 Å². The molecule has 0 saturated carbocycles. The maximum absolute atomic E-state index is 12.6. The highest BCUT2D eigenvalue weighted by molar-refractivity contribution is 5.92. The normalized spacial score (nSPS) is 25.8. The van der Waals surface area contributed by atoms with E-state index < -0.39 is 0 Å². The van der Waals surface area contributed by atoms with Gasteiger partial charge < -0.3 is 14.4 Å². The summed E-state index contributed by atoms with van der Waals surface area (Å²) in [5.74, 6) is 2.94. The van der Waals surface area contributed by atoms with E-state index in [2.05, 4.69) is 26.8 Å². The molecule has 3 unspecified atom stereocenters. The lowest BCUT2D eigenvalue weighted by atomic mass is 9.92. The van der Waals surface area contributed by atoms with Gasteiger partial charge in [0.25, 0.3) is 0 Å². The number of hydrogen-bond donors (Lipinski definition) is 0. The van der Waals surface area contributed by atoms with Gasteiger partial charge in [0, 0.05) is 36.7 Å². The second-order valence-electron chi connectivity index (χ2n) is 7.59. The average molecular weight is 343 g/mol. The fourth-order valence-corrected chi connectivity index (χ4v) is 3.98. The topological polar surface area (TPSA) is 38.8 Å². The van der Waals surface area contributed by atoms with E-state index in [9.17, 15) is 4.79 Å². The molecule has 3 atom stereocenters. The van der Waals surface area contributed by atoms with Gasteiger partial charge in [-0.25, -0.2) is 0 Å². The molecule has 0 aliphatic carbocycles. The number of nitrogens with zero attached hydrogens (tertiary/aromatic N) is 1. The van der Waals surface area contributed by atoms with Crippen LogP contribution in [0, 0.1) is 11.8 Å². The number of ether oxygens (including phenoxy) is 2. The van der Waals surface area contributed by atoms with Gasteiger partial charge in [0.2, 0.25) is 5.91 Å². The molecule has 3 rings (SSSR count). The van der Waals surface area contributed by atoms with Crippen molar-refractivity contribution < 1.29 is 14.3 Å². The molecule has 0 N–H and O–H groups in total. The summed E-state index contributed by atoms with van der Waals surface area (Å²) in [6, 6.07) is 4.05. The van der Waals surface area contributed by atoms with Gasteiger partial charge in [-0.2, -0.15) is 0 Å². The number of carbonyl (C=O) groups excluding carboxylic acids is 1. The number of carbonyl (C=O) groups is 1. The first-order valence-electron chi connectivity index (χ1n) is 9.39. The zero-order valence-electron chi connectivity index (χ0n) is 15.7. The van der Waals surface area contributed by atoms with Gasteiger partial charge in [-0.3, -0.25) is 4.79 Å². The van der Waals surface area contributed by atoms with Crippen molar-refractivity contribution in [2.24, 2.45) is 11.8 Å². The molecule has 1 amide bonds. The SMILES string of the molecule is CCOc1cc2c(cc1/C=C/C(=O)N1CC(C)CC(C)C1)OC(C)C2. The highest BCUT2D eigenvalue weighted by atomic mass is 16.5. The molecule has 0 bridgehead atoms. The van der Waals surface area contributed by atoms with Crippen LogP contribution in [0.2, 0.25) is 0 Å². The molecule has 2 aliphatic heterocycles. The van der Waals surface area contributed by atoms with Crippen LogP contribution in [0.4, 0.5) is 0 Å². The van der Waals surface area contributed by atoms with Crippen molar-refractivity contribution in [3.05, 3.63) is 29.3 Å². The number of likely N-dealkylation sites (tertiary alicyclic amines) is 1. The van der Waals surface area contributed by atoms with Gasteiger partial charge in [0.05, 0.1) is 6.61 Å². The van der Waals surface area contributed by atoms with E-state index in [1.54, 1.807) is 6.08 Å². The molecule has 2 aliphatic rings. The molecule has 1 saturated heterocycles. The number of fused-ring (bicyclic) bond motifs is 1. The largest absolute Gasteiger partial charge is 0.493 e. The van der Waals surface area contributed by atoms with E-state index in [1.807, 2.05) is 24.0 Å². The van der Waals surface area contributed by atoms with Gasteiger partial charge in [0.15, 0.2) is 0 Å². The minimum absolute atomic E-state index is 0.0793. The lowest BCUT2D eigenvalue weighted by Gasteiger charge is -2.34. The quantitative estimate of drug-likeness (QED) is 0.778. The van der Waals surface area contributed by atoms with Crippen LogP contribution in [-0.4, -0.2) is 36.6 Å². The molecule has 0 aromatic heterocycles. The summed E-state index contributed by atoms with van der Waals surface area (Å²) >= 11 is 0. The summed E-state index contributed by atoms with van der Waals surface area (Å²) in [6.45, 7) is 10.8. The van der Waals surface area contributed by atoms with Crippen molar-refractivity contribution in [3.63, 3.8) is 0 Å². The predicted octanol–water partition coefficient (Wildman–Crippen LogP) is 3.93. The molecular formula is C21H29NO3. The lowest BCUT2D eigenvalue weighted by molar-refractivity contribution is -0.128. The van der Waals surface area contributed by atoms with Gasteiger partial charge in [0.1, 0.15) is 17.6 Å². The standard InChI is InChI=1S/C21H29NO3/c1-5-24-19-11-18-9-16(4)25-20(18)10-17(19)6-7-21(23)22-12-14(2)8-15(3)13-22/h6-7,10-11,14-16H,5,8-9,12-13H2,1-4H3/b7-6+. The first-order chi connectivity index (χ1) is 12.0. The molecule has 25 heavy (non-hydrogen) atoms. The molecule has 4 heteroatoms. The maximum atomic E-state index is 12.6. The lowest BCUT2D eigenvalue weighted by Crippen LogP contribution is -2.41. The van der Waals surface area contributed by atoms with Crippen molar-refractivity contribution in [1.82, 2.24) is 4.90 Å². The van der Waals surface area contributed by atoms with Crippen LogP contribution in [0.25, 0.3) is 6.08 Å². The Bertz CT molecular complexity index is 657. The summed E-state index contributed by atoms with van der Waals surface area (Å²) in [5.41, 5.74) is 2.08.